The fraction of sp³-hybridized carbons (Fsp3) is 0.583. The average Bonchev–Trinajstić information content (AvgIpc) is 2.79. The van der Waals surface area contributed by atoms with Gasteiger partial charge in [0.25, 0.3) is 0 Å². The van der Waals surface area contributed by atoms with Crippen molar-refractivity contribution >= 4 is 5.97 Å². The van der Waals surface area contributed by atoms with Crippen molar-refractivity contribution < 1.29 is 13.9 Å². The molecular weight excluding hydrogens is 206 g/mol. The second kappa shape index (κ2) is 6.33. The van der Waals surface area contributed by atoms with Crippen LogP contribution in [0.4, 0.5) is 0 Å². The molecule has 4 heteroatoms. The first-order chi connectivity index (χ1) is 7.67. The molecule has 16 heavy (non-hydrogen) atoms. The van der Waals surface area contributed by atoms with Crippen LogP contribution in [-0.2, 0) is 16.1 Å². The van der Waals surface area contributed by atoms with Crippen molar-refractivity contribution in [2.24, 2.45) is 5.92 Å². The lowest BCUT2D eigenvalue weighted by Crippen LogP contribution is -2.31. The Morgan fingerprint density at radius 2 is 2.38 bits per heavy atom. The maximum absolute atomic E-state index is 11.3. The molecule has 0 aliphatic rings. The van der Waals surface area contributed by atoms with Crippen LogP contribution in [0, 0.1) is 5.92 Å². The summed E-state index contributed by atoms with van der Waals surface area (Å²) in [4.78, 5) is 13.4. The van der Waals surface area contributed by atoms with E-state index in [1.54, 1.807) is 6.26 Å². The molecule has 4 nitrogen and oxygen atoms in total. The van der Waals surface area contributed by atoms with E-state index in [-0.39, 0.29) is 11.9 Å². The Bertz CT molecular complexity index is 308. The number of esters is 1. The van der Waals surface area contributed by atoms with Crippen molar-refractivity contribution in [2.75, 3.05) is 20.2 Å². The fourth-order valence-electron chi connectivity index (χ4n) is 1.59. The van der Waals surface area contributed by atoms with E-state index in [2.05, 4.69) is 11.8 Å². The Balaban J connectivity index is 2.46. The third-order valence-corrected chi connectivity index (χ3v) is 2.54. The topological polar surface area (TPSA) is 42.7 Å². The average molecular weight is 225 g/mol. The summed E-state index contributed by atoms with van der Waals surface area (Å²) in [7, 11) is 1.42. The molecule has 0 aliphatic heterocycles. The summed E-state index contributed by atoms with van der Waals surface area (Å²) in [6.45, 7) is 6.22. The van der Waals surface area contributed by atoms with E-state index in [1.807, 2.05) is 19.1 Å². The van der Waals surface area contributed by atoms with Crippen LogP contribution in [0.1, 0.15) is 19.6 Å². The van der Waals surface area contributed by atoms with Crippen LogP contribution >= 0.6 is 0 Å². The van der Waals surface area contributed by atoms with Crippen LogP contribution in [0.15, 0.2) is 22.8 Å². The first kappa shape index (κ1) is 12.8. The van der Waals surface area contributed by atoms with Gasteiger partial charge in [-0.1, -0.05) is 13.8 Å². The smallest absolute Gasteiger partial charge is 0.309 e. The Morgan fingerprint density at radius 3 is 2.88 bits per heavy atom. The number of carbonyl (C=O) groups is 1. The van der Waals surface area contributed by atoms with Gasteiger partial charge in [-0.3, -0.25) is 9.69 Å². The standard InChI is InChI=1S/C12H19NO3/c1-4-13(8-10(2)12(14)15-3)9-11-6-5-7-16-11/h5-7,10H,4,8-9H2,1-3H3. The highest BCUT2D eigenvalue weighted by atomic mass is 16.5. The van der Waals surface area contributed by atoms with Gasteiger partial charge in [-0.05, 0) is 18.7 Å². The normalized spacial score (nSPS) is 12.8. The maximum atomic E-state index is 11.3. The molecule has 1 heterocycles. The zero-order chi connectivity index (χ0) is 12.0. The minimum Gasteiger partial charge on any atom is -0.469 e. The van der Waals surface area contributed by atoms with Crippen LogP contribution in [0.2, 0.25) is 0 Å². The molecule has 1 aromatic rings. The third-order valence-electron chi connectivity index (χ3n) is 2.54. The second-order valence-electron chi connectivity index (χ2n) is 3.83. The molecule has 1 unspecified atom stereocenters. The highest BCUT2D eigenvalue weighted by Gasteiger charge is 2.17. The first-order valence-corrected chi connectivity index (χ1v) is 5.50. The van der Waals surface area contributed by atoms with Gasteiger partial charge in [0.15, 0.2) is 0 Å². The SMILES string of the molecule is CCN(Cc1ccco1)CC(C)C(=O)OC. The van der Waals surface area contributed by atoms with Crippen molar-refractivity contribution in [1.82, 2.24) is 4.90 Å². The lowest BCUT2D eigenvalue weighted by Gasteiger charge is -2.21. The van der Waals surface area contributed by atoms with Gasteiger partial charge in [0, 0.05) is 6.54 Å². The quantitative estimate of drug-likeness (QED) is 0.694. The number of nitrogens with zero attached hydrogens (tertiary/aromatic N) is 1. The summed E-state index contributed by atoms with van der Waals surface area (Å²) in [6, 6.07) is 3.80. The molecule has 0 aliphatic carbocycles. The largest absolute Gasteiger partial charge is 0.469 e. The molecule has 0 bridgehead atoms. The molecule has 90 valence electrons. The Labute approximate surface area is 96.2 Å². The minimum atomic E-state index is -0.169. The Kier molecular flexibility index (Phi) is 5.05. The molecular formula is C12H19NO3. The number of carbonyl (C=O) groups excluding carboxylic acids is 1. The predicted molar refractivity (Wildman–Crippen MR) is 60.8 cm³/mol. The molecule has 0 fully saturated rings. The van der Waals surface area contributed by atoms with Gasteiger partial charge >= 0.3 is 5.97 Å². The molecule has 0 N–H and O–H groups in total. The second-order valence-corrected chi connectivity index (χ2v) is 3.83. The molecule has 0 radical (unpaired) electrons. The third kappa shape index (κ3) is 3.70. The summed E-state index contributed by atoms with van der Waals surface area (Å²) in [5, 5.41) is 0. The zero-order valence-electron chi connectivity index (χ0n) is 10.1. The molecule has 1 rings (SSSR count). The van der Waals surface area contributed by atoms with Gasteiger partial charge in [0.05, 0.1) is 25.8 Å². The van der Waals surface area contributed by atoms with Crippen molar-refractivity contribution in [3.8, 4) is 0 Å². The molecule has 0 saturated heterocycles. The van der Waals surface area contributed by atoms with Crippen molar-refractivity contribution in [2.45, 2.75) is 20.4 Å². The van der Waals surface area contributed by atoms with Gasteiger partial charge in [0.2, 0.25) is 0 Å². The Morgan fingerprint density at radius 1 is 1.62 bits per heavy atom. The lowest BCUT2D eigenvalue weighted by molar-refractivity contribution is -0.145. The van der Waals surface area contributed by atoms with E-state index < -0.39 is 0 Å². The predicted octanol–water partition coefficient (Wildman–Crippen LogP) is 1.91. The molecule has 0 saturated carbocycles. The summed E-state index contributed by atoms with van der Waals surface area (Å²) in [5.74, 6) is 0.636. The van der Waals surface area contributed by atoms with Crippen LogP contribution in [0.3, 0.4) is 0 Å². The lowest BCUT2D eigenvalue weighted by atomic mass is 10.1. The summed E-state index contributed by atoms with van der Waals surface area (Å²) < 4.78 is 9.98. The highest BCUT2D eigenvalue weighted by molar-refractivity contribution is 5.72. The minimum absolute atomic E-state index is 0.111. The van der Waals surface area contributed by atoms with Gasteiger partial charge < -0.3 is 9.15 Å². The van der Waals surface area contributed by atoms with Crippen molar-refractivity contribution in [1.29, 1.82) is 0 Å². The fourth-order valence-corrected chi connectivity index (χ4v) is 1.59. The van der Waals surface area contributed by atoms with Gasteiger partial charge in [0.1, 0.15) is 5.76 Å². The van der Waals surface area contributed by atoms with Crippen molar-refractivity contribution in [3.63, 3.8) is 0 Å². The van der Waals surface area contributed by atoms with Gasteiger partial charge in [-0.15, -0.1) is 0 Å². The van der Waals surface area contributed by atoms with E-state index >= 15 is 0 Å². The van der Waals surface area contributed by atoms with Crippen LogP contribution in [0.5, 0.6) is 0 Å². The molecule has 0 spiro atoms. The van der Waals surface area contributed by atoms with E-state index in [0.717, 1.165) is 18.8 Å². The highest BCUT2D eigenvalue weighted by Crippen LogP contribution is 2.08. The van der Waals surface area contributed by atoms with E-state index in [9.17, 15) is 4.79 Å². The maximum Gasteiger partial charge on any atom is 0.309 e. The number of hydrogen-bond donors (Lipinski definition) is 0. The Hall–Kier alpha value is -1.29. The molecule has 0 amide bonds. The summed E-state index contributed by atoms with van der Waals surface area (Å²) in [6.07, 6.45) is 1.66. The van der Waals surface area contributed by atoms with E-state index in [1.165, 1.54) is 7.11 Å². The molecule has 1 aromatic heterocycles. The molecule has 1 atom stereocenters. The monoisotopic (exact) mass is 225 g/mol. The van der Waals surface area contributed by atoms with E-state index in [4.69, 9.17) is 9.15 Å². The van der Waals surface area contributed by atoms with Crippen LogP contribution in [0.25, 0.3) is 0 Å². The number of ether oxygens (including phenoxy) is 1. The zero-order valence-corrected chi connectivity index (χ0v) is 10.1. The molecule has 0 aromatic carbocycles. The van der Waals surface area contributed by atoms with Gasteiger partial charge in [-0.25, -0.2) is 0 Å². The summed E-state index contributed by atoms with van der Waals surface area (Å²) >= 11 is 0. The summed E-state index contributed by atoms with van der Waals surface area (Å²) in [5.41, 5.74) is 0. The first-order valence-electron chi connectivity index (χ1n) is 5.50. The van der Waals surface area contributed by atoms with Crippen LogP contribution in [-0.4, -0.2) is 31.1 Å². The number of furan rings is 1. The van der Waals surface area contributed by atoms with Crippen molar-refractivity contribution in [3.05, 3.63) is 24.2 Å². The van der Waals surface area contributed by atoms with Gasteiger partial charge in [-0.2, -0.15) is 0 Å². The van der Waals surface area contributed by atoms with E-state index in [0.29, 0.717) is 6.54 Å². The number of rotatable bonds is 6. The number of hydrogen-bond acceptors (Lipinski definition) is 4. The number of methoxy groups -OCH3 is 1. The van der Waals surface area contributed by atoms with Crippen LogP contribution < -0.4 is 0 Å².